The molecule has 1 aromatic rings. The molecule has 2 N–H and O–H groups in total. The summed E-state index contributed by atoms with van der Waals surface area (Å²) in [7, 11) is 1.78. The summed E-state index contributed by atoms with van der Waals surface area (Å²) in [6.07, 6.45) is 5.83. The largest absolute Gasteiger partial charge is 0.381 e. The maximum atomic E-state index is 5.67. The van der Waals surface area contributed by atoms with E-state index in [0.29, 0.717) is 5.92 Å². The van der Waals surface area contributed by atoms with E-state index < -0.39 is 0 Å². The molecule has 1 fully saturated rings. The van der Waals surface area contributed by atoms with Gasteiger partial charge in [0.05, 0.1) is 19.8 Å². The number of guanidine groups is 1. The van der Waals surface area contributed by atoms with E-state index >= 15 is 0 Å². The van der Waals surface area contributed by atoms with Gasteiger partial charge in [0, 0.05) is 51.7 Å². The van der Waals surface area contributed by atoms with Crippen LogP contribution >= 0.6 is 24.0 Å². The second-order valence-electron chi connectivity index (χ2n) is 5.35. The minimum Gasteiger partial charge on any atom is -0.381 e. The highest BCUT2D eigenvalue weighted by molar-refractivity contribution is 14.0. The lowest BCUT2D eigenvalue weighted by molar-refractivity contribution is 0.0888. The molecule has 1 unspecified atom stereocenters. The summed E-state index contributed by atoms with van der Waals surface area (Å²) in [6, 6.07) is 1.92. The summed E-state index contributed by atoms with van der Waals surface area (Å²) in [5.74, 6) is 1.40. The first-order valence-electron chi connectivity index (χ1n) is 7.96. The highest BCUT2D eigenvalue weighted by Gasteiger charge is 2.15. The molecule has 1 atom stereocenters. The Morgan fingerprint density at radius 3 is 3.00 bits per heavy atom. The van der Waals surface area contributed by atoms with Gasteiger partial charge >= 0.3 is 0 Å². The number of hydrogen-bond donors (Lipinski definition) is 2. The Balaban J connectivity index is 0.00000264. The molecule has 132 valence electrons. The standard InChI is InChI=1S/C15H27N5O2.HI/c1-16-15(18-7-9-20-8-2-6-19-20)17-5-3-10-21-12-14-4-11-22-13-14;/h2,6,8,14H,3-5,7,9-13H2,1H3,(H2,16,17,18);1H. The molecule has 2 heterocycles. The van der Waals surface area contributed by atoms with Crippen LogP contribution in [0.1, 0.15) is 12.8 Å². The molecular formula is C15H28IN5O2. The van der Waals surface area contributed by atoms with E-state index in [0.717, 1.165) is 64.9 Å². The first-order chi connectivity index (χ1) is 10.9. The number of nitrogens with zero attached hydrogens (tertiary/aromatic N) is 3. The van der Waals surface area contributed by atoms with Crippen LogP contribution in [0, 0.1) is 5.92 Å². The molecule has 2 rings (SSSR count). The number of nitrogens with one attached hydrogen (secondary N) is 2. The van der Waals surface area contributed by atoms with Crippen molar-refractivity contribution >= 4 is 29.9 Å². The Morgan fingerprint density at radius 2 is 2.30 bits per heavy atom. The lowest BCUT2D eigenvalue weighted by Gasteiger charge is -2.12. The van der Waals surface area contributed by atoms with Crippen molar-refractivity contribution in [3.8, 4) is 0 Å². The molecule has 0 radical (unpaired) electrons. The molecule has 23 heavy (non-hydrogen) atoms. The van der Waals surface area contributed by atoms with E-state index in [1.54, 1.807) is 13.2 Å². The Hall–Kier alpha value is -0.870. The topological polar surface area (TPSA) is 72.7 Å². The van der Waals surface area contributed by atoms with Crippen LogP contribution in [0.25, 0.3) is 0 Å². The van der Waals surface area contributed by atoms with Gasteiger partial charge in [0.25, 0.3) is 0 Å². The fourth-order valence-electron chi connectivity index (χ4n) is 2.29. The van der Waals surface area contributed by atoms with E-state index in [-0.39, 0.29) is 24.0 Å². The van der Waals surface area contributed by atoms with Crippen LogP contribution in [-0.4, -0.2) is 62.3 Å². The third kappa shape index (κ3) is 8.52. The molecule has 1 aliphatic heterocycles. The molecule has 0 aliphatic carbocycles. The van der Waals surface area contributed by atoms with Gasteiger partial charge in [0.15, 0.2) is 5.96 Å². The fourth-order valence-corrected chi connectivity index (χ4v) is 2.29. The SMILES string of the molecule is CN=C(NCCCOCC1CCOC1)NCCn1cccn1.I. The number of aliphatic imine (C=N–C) groups is 1. The van der Waals surface area contributed by atoms with Crippen molar-refractivity contribution in [2.24, 2.45) is 10.9 Å². The van der Waals surface area contributed by atoms with Gasteiger partial charge in [-0.15, -0.1) is 24.0 Å². The van der Waals surface area contributed by atoms with Gasteiger partial charge in [-0.2, -0.15) is 5.10 Å². The molecule has 0 spiro atoms. The zero-order valence-electron chi connectivity index (χ0n) is 13.7. The minimum atomic E-state index is 0. The number of halogens is 1. The van der Waals surface area contributed by atoms with E-state index in [2.05, 4.69) is 20.7 Å². The van der Waals surface area contributed by atoms with Gasteiger partial charge in [-0.3, -0.25) is 9.67 Å². The number of aromatic nitrogens is 2. The smallest absolute Gasteiger partial charge is 0.191 e. The monoisotopic (exact) mass is 437 g/mol. The van der Waals surface area contributed by atoms with Crippen LogP contribution in [0.2, 0.25) is 0 Å². The van der Waals surface area contributed by atoms with E-state index in [4.69, 9.17) is 9.47 Å². The highest BCUT2D eigenvalue weighted by Crippen LogP contribution is 2.12. The predicted molar refractivity (Wildman–Crippen MR) is 101 cm³/mol. The number of ether oxygens (including phenoxy) is 2. The van der Waals surface area contributed by atoms with Crippen LogP contribution in [0.15, 0.2) is 23.5 Å². The lowest BCUT2D eigenvalue weighted by atomic mass is 10.1. The summed E-state index contributed by atoms with van der Waals surface area (Å²) in [5.41, 5.74) is 0. The summed E-state index contributed by atoms with van der Waals surface area (Å²) >= 11 is 0. The molecule has 8 heteroatoms. The predicted octanol–water partition coefficient (Wildman–Crippen LogP) is 1.11. The normalized spacial score (nSPS) is 17.8. The minimum absolute atomic E-state index is 0. The molecule has 1 aromatic heterocycles. The maximum Gasteiger partial charge on any atom is 0.191 e. The van der Waals surface area contributed by atoms with Gasteiger partial charge in [0.2, 0.25) is 0 Å². The zero-order valence-corrected chi connectivity index (χ0v) is 16.1. The van der Waals surface area contributed by atoms with Crippen LogP contribution < -0.4 is 10.6 Å². The third-order valence-corrected chi connectivity index (χ3v) is 3.55. The zero-order chi connectivity index (χ0) is 15.5. The average Bonchev–Trinajstić information content (AvgIpc) is 3.22. The molecular weight excluding hydrogens is 409 g/mol. The Morgan fingerprint density at radius 1 is 1.43 bits per heavy atom. The van der Waals surface area contributed by atoms with Crippen molar-refractivity contribution in [3.05, 3.63) is 18.5 Å². The van der Waals surface area contributed by atoms with Crippen molar-refractivity contribution < 1.29 is 9.47 Å². The molecule has 1 aliphatic rings. The van der Waals surface area contributed by atoms with Crippen molar-refractivity contribution in [2.75, 3.05) is 46.6 Å². The maximum absolute atomic E-state index is 5.67. The summed E-state index contributed by atoms with van der Waals surface area (Å²) in [5, 5.41) is 10.7. The van der Waals surface area contributed by atoms with Crippen LogP contribution in [0.4, 0.5) is 0 Å². The first kappa shape index (κ1) is 20.2. The summed E-state index contributed by atoms with van der Waals surface area (Å²) < 4.78 is 12.9. The molecule has 0 aromatic carbocycles. The van der Waals surface area contributed by atoms with Crippen LogP contribution in [0.5, 0.6) is 0 Å². The molecule has 0 bridgehead atoms. The van der Waals surface area contributed by atoms with Crippen molar-refractivity contribution in [2.45, 2.75) is 19.4 Å². The van der Waals surface area contributed by atoms with Crippen molar-refractivity contribution in [1.82, 2.24) is 20.4 Å². The Labute approximate surface area is 155 Å². The molecule has 7 nitrogen and oxygen atoms in total. The second-order valence-corrected chi connectivity index (χ2v) is 5.35. The first-order valence-corrected chi connectivity index (χ1v) is 7.96. The van der Waals surface area contributed by atoms with Gasteiger partial charge in [-0.25, -0.2) is 0 Å². The summed E-state index contributed by atoms with van der Waals surface area (Å²) in [4.78, 5) is 4.20. The van der Waals surface area contributed by atoms with Gasteiger partial charge in [-0.1, -0.05) is 0 Å². The fraction of sp³-hybridized carbons (Fsp3) is 0.733. The van der Waals surface area contributed by atoms with Crippen molar-refractivity contribution in [1.29, 1.82) is 0 Å². The second kappa shape index (κ2) is 12.5. The van der Waals surface area contributed by atoms with E-state index in [1.807, 2.05) is 16.9 Å². The highest BCUT2D eigenvalue weighted by atomic mass is 127. The van der Waals surface area contributed by atoms with Crippen molar-refractivity contribution in [3.63, 3.8) is 0 Å². The number of rotatable bonds is 9. The van der Waals surface area contributed by atoms with Crippen LogP contribution in [0.3, 0.4) is 0 Å². The van der Waals surface area contributed by atoms with Gasteiger partial charge in [-0.05, 0) is 18.9 Å². The van der Waals surface area contributed by atoms with Crippen LogP contribution in [-0.2, 0) is 16.0 Å². The lowest BCUT2D eigenvalue weighted by Crippen LogP contribution is -2.39. The van der Waals surface area contributed by atoms with E-state index in [9.17, 15) is 0 Å². The van der Waals surface area contributed by atoms with E-state index in [1.165, 1.54) is 0 Å². The van der Waals surface area contributed by atoms with Gasteiger partial charge < -0.3 is 20.1 Å². The summed E-state index contributed by atoms with van der Waals surface area (Å²) in [6.45, 7) is 5.79. The van der Waals surface area contributed by atoms with Gasteiger partial charge in [0.1, 0.15) is 0 Å². The Bertz CT molecular complexity index is 422. The Kier molecular flexibility index (Phi) is 11.0. The molecule has 1 saturated heterocycles. The molecule has 0 amide bonds. The quantitative estimate of drug-likeness (QED) is 0.262. The average molecular weight is 437 g/mol. The molecule has 0 saturated carbocycles. The number of hydrogen-bond acceptors (Lipinski definition) is 4. The third-order valence-electron chi connectivity index (χ3n) is 3.55.